The van der Waals surface area contributed by atoms with Crippen molar-refractivity contribution in [2.75, 3.05) is 36.9 Å². The highest BCUT2D eigenvalue weighted by Gasteiger charge is 2.32. The molecular formula is C24H29Cl2N3O6S. The van der Waals surface area contributed by atoms with Crippen LogP contribution in [0.1, 0.15) is 25.8 Å². The molecule has 196 valence electrons. The molecule has 2 aromatic carbocycles. The fourth-order valence-electron chi connectivity index (χ4n) is 3.85. The normalized spacial score (nSPS) is 13.6. The molecule has 1 atom stereocenters. The Bertz CT molecular complexity index is 1220. The number of hydrogen-bond acceptors (Lipinski definition) is 6. The number of carbonyl (C=O) groups is 2. The first-order valence-electron chi connectivity index (χ1n) is 11.4. The smallest absolute Gasteiger partial charge is 0.244 e. The van der Waals surface area contributed by atoms with Crippen LogP contribution in [0.5, 0.6) is 11.5 Å². The fraction of sp³-hybridized carbons (Fsp3) is 0.417. The van der Waals surface area contributed by atoms with Crippen molar-refractivity contribution in [3.05, 3.63) is 52.0 Å². The first-order valence-corrected chi connectivity index (χ1v) is 14.0. The molecule has 0 aromatic heterocycles. The van der Waals surface area contributed by atoms with E-state index in [1.807, 2.05) is 0 Å². The molecule has 1 N–H and O–H groups in total. The van der Waals surface area contributed by atoms with Gasteiger partial charge in [0.15, 0.2) is 11.5 Å². The van der Waals surface area contributed by atoms with Gasteiger partial charge in [0.25, 0.3) is 0 Å². The number of fused-ring (bicyclic) bond motifs is 1. The first kappa shape index (κ1) is 27.9. The maximum Gasteiger partial charge on any atom is 0.244 e. The van der Waals surface area contributed by atoms with Crippen LogP contribution in [0.2, 0.25) is 10.0 Å². The van der Waals surface area contributed by atoms with Crippen molar-refractivity contribution >= 4 is 50.7 Å². The second-order valence-corrected chi connectivity index (χ2v) is 10.9. The van der Waals surface area contributed by atoms with Gasteiger partial charge in [-0.25, -0.2) is 8.42 Å². The van der Waals surface area contributed by atoms with Crippen molar-refractivity contribution in [2.24, 2.45) is 0 Å². The molecular weight excluding hydrogens is 529 g/mol. The molecule has 1 aliphatic heterocycles. The third-order valence-corrected chi connectivity index (χ3v) is 7.45. The van der Waals surface area contributed by atoms with Crippen LogP contribution in [-0.4, -0.2) is 63.7 Å². The minimum absolute atomic E-state index is 0.0318. The summed E-state index contributed by atoms with van der Waals surface area (Å²) < 4.78 is 37.6. The molecule has 0 fully saturated rings. The first-order chi connectivity index (χ1) is 17.0. The highest BCUT2D eigenvalue weighted by molar-refractivity contribution is 7.92. The molecule has 0 bridgehead atoms. The van der Waals surface area contributed by atoms with Crippen molar-refractivity contribution in [1.82, 2.24) is 10.2 Å². The zero-order chi connectivity index (χ0) is 26.5. The average molecular weight is 558 g/mol. The summed E-state index contributed by atoms with van der Waals surface area (Å²) in [6.07, 6.45) is 1.34. The van der Waals surface area contributed by atoms with E-state index in [1.165, 1.54) is 11.0 Å². The Balaban J connectivity index is 1.96. The number of halogens is 2. The summed E-state index contributed by atoms with van der Waals surface area (Å²) in [5.41, 5.74) is 0.890. The van der Waals surface area contributed by atoms with Crippen molar-refractivity contribution in [2.45, 2.75) is 32.9 Å². The highest BCUT2D eigenvalue weighted by Crippen LogP contribution is 2.35. The van der Waals surface area contributed by atoms with Crippen LogP contribution in [0.25, 0.3) is 0 Å². The molecule has 1 heterocycles. The summed E-state index contributed by atoms with van der Waals surface area (Å²) in [7, 11) is -3.87. The predicted octanol–water partition coefficient (Wildman–Crippen LogP) is 3.47. The molecule has 12 heteroatoms. The number of hydrogen-bond donors (Lipinski definition) is 1. The number of likely N-dealkylation sites (N-methyl/N-ethyl adjacent to an activating group) is 1. The fourth-order valence-corrected chi connectivity index (χ4v) is 5.01. The average Bonchev–Trinajstić information content (AvgIpc) is 2.83. The van der Waals surface area contributed by atoms with Crippen molar-refractivity contribution in [3.8, 4) is 11.5 Å². The zero-order valence-corrected chi connectivity index (χ0v) is 22.6. The number of nitrogens with zero attached hydrogens (tertiary/aromatic N) is 2. The lowest BCUT2D eigenvalue weighted by atomic mass is 10.1. The van der Waals surface area contributed by atoms with Crippen molar-refractivity contribution < 1.29 is 27.5 Å². The Morgan fingerprint density at radius 3 is 2.33 bits per heavy atom. The lowest BCUT2D eigenvalue weighted by Gasteiger charge is -2.33. The number of anilines is 1. The third kappa shape index (κ3) is 6.74. The van der Waals surface area contributed by atoms with E-state index in [1.54, 1.807) is 44.2 Å². The van der Waals surface area contributed by atoms with Crippen LogP contribution in [0.15, 0.2) is 36.4 Å². The van der Waals surface area contributed by atoms with E-state index in [9.17, 15) is 18.0 Å². The number of benzene rings is 2. The van der Waals surface area contributed by atoms with Gasteiger partial charge in [-0.05, 0) is 43.2 Å². The number of carbonyl (C=O) groups excluding carboxylic acids is 2. The molecule has 2 aromatic rings. The van der Waals surface area contributed by atoms with Gasteiger partial charge in [0.1, 0.15) is 25.8 Å². The highest BCUT2D eigenvalue weighted by atomic mass is 35.5. The molecule has 0 spiro atoms. The number of rotatable bonds is 10. The number of nitrogens with one attached hydrogen (secondary N) is 1. The number of ether oxygens (including phenoxy) is 2. The lowest BCUT2D eigenvalue weighted by Crippen LogP contribution is -2.52. The van der Waals surface area contributed by atoms with Gasteiger partial charge < -0.3 is 19.7 Å². The Morgan fingerprint density at radius 2 is 1.72 bits per heavy atom. The largest absolute Gasteiger partial charge is 0.486 e. The quantitative estimate of drug-likeness (QED) is 0.479. The van der Waals surface area contributed by atoms with Gasteiger partial charge >= 0.3 is 0 Å². The lowest BCUT2D eigenvalue weighted by molar-refractivity contribution is -0.140. The second kappa shape index (κ2) is 12.0. The molecule has 9 nitrogen and oxygen atoms in total. The van der Waals surface area contributed by atoms with Crippen LogP contribution in [0.3, 0.4) is 0 Å². The Labute approximate surface area is 221 Å². The van der Waals surface area contributed by atoms with E-state index in [2.05, 4.69) is 5.32 Å². The summed E-state index contributed by atoms with van der Waals surface area (Å²) in [5.74, 6) is -0.00675. The van der Waals surface area contributed by atoms with Gasteiger partial charge in [0.05, 0.1) is 22.0 Å². The maximum absolute atomic E-state index is 13.7. The van der Waals surface area contributed by atoms with E-state index >= 15 is 0 Å². The Kier molecular flexibility index (Phi) is 9.32. The predicted molar refractivity (Wildman–Crippen MR) is 139 cm³/mol. The second-order valence-electron chi connectivity index (χ2n) is 8.19. The summed E-state index contributed by atoms with van der Waals surface area (Å²) >= 11 is 12.2. The third-order valence-electron chi connectivity index (χ3n) is 5.57. The van der Waals surface area contributed by atoms with E-state index in [-0.39, 0.29) is 18.1 Å². The summed E-state index contributed by atoms with van der Waals surface area (Å²) in [6, 6.07) is 8.77. The molecule has 1 unspecified atom stereocenters. The van der Waals surface area contributed by atoms with E-state index in [4.69, 9.17) is 32.7 Å². The van der Waals surface area contributed by atoms with Gasteiger partial charge in [-0.1, -0.05) is 36.2 Å². The van der Waals surface area contributed by atoms with Crippen molar-refractivity contribution in [3.63, 3.8) is 0 Å². The molecule has 0 aliphatic carbocycles. The number of amides is 2. The monoisotopic (exact) mass is 557 g/mol. The van der Waals surface area contributed by atoms with Crippen LogP contribution >= 0.6 is 23.2 Å². The molecule has 3 rings (SSSR count). The van der Waals surface area contributed by atoms with Gasteiger partial charge in [0, 0.05) is 19.2 Å². The molecule has 36 heavy (non-hydrogen) atoms. The molecule has 1 aliphatic rings. The van der Waals surface area contributed by atoms with Crippen LogP contribution in [0, 0.1) is 0 Å². The Morgan fingerprint density at radius 1 is 1.03 bits per heavy atom. The minimum Gasteiger partial charge on any atom is -0.486 e. The number of sulfonamides is 1. The zero-order valence-electron chi connectivity index (χ0n) is 20.3. The molecule has 2 amide bonds. The SMILES string of the molecule is CCNC(=O)C(CC)N(Cc1ccc(Cl)c(Cl)c1)C(=O)CN(c1ccc2c(c1)OCCO2)S(C)(=O)=O. The minimum atomic E-state index is -3.87. The van der Waals surface area contributed by atoms with E-state index in [0.29, 0.717) is 53.3 Å². The maximum atomic E-state index is 13.7. The van der Waals surface area contributed by atoms with E-state index < -0.39 is 28.5 Å². The van der Waals surface area contributed by atoms with E-state index in [0.717, 1.165) is 10.6 Å². The van der Waals surface area contributed by atoms with Gasteiger partial charge in [-0.15, -0.1) is 0 Å². The van der Waals surface area contributed by atoms with Gasteiger partial charge in [-0.2, -0.15) is 0 Å². The Hall–Kier alpha value is -2.69. The summed E-state index contributed by atoms with van der Waals surface area (Å²) in [5, 5.41) is 3.41. The van der Waals surface area contributed by atoms with Crippen molar-refractivity contribution in [1.29, 1.82) is 0 Å². The van der Waals surface area contributed by atoms with Gasteiger partial charge in [0.2, 0.25) is 21.8 Å². The summed E-state index contributed by atoms with van der Waals surface area (Å²) in [6.45, 7) is 4.18. The standard InChI is InChI=1S/C24H29Cl2N3O6S/c1-4-20(24(31)27-5-2)28(14-16-6-8-18(25)19(26)12-16)23(30)15-29(36(3,32)33)17-7-9-21-22(13-17)35-11-10-34-21/h6-9,12-13,20H,4-5,10-11,14-15H2,1-3H3,(H,27,31). The molecule has 0 radical (unpaired) electrons. The molecule has 0 saturated heterocycles. The van der Waals surface area contributed by atoms with Crippen LogP contribution in [0.4, 0.5) is 5.69 Å². The van der Waals surface area contributed by atoms with Gasteiger partial charge in [-0.3, -0.25) is 13.9 Å². The molecule has 0 saturated carbocycles. The van der Waals surface area contributed by atoms with Crippen LogP contribution in [-0.2, 0) is 26.2 Å². The summed E-state index contributed by atoms with van der Waals surface area (Å²) in [4.78, 5) is 27.8. The topological polar surface area (TPSA) is 105 Å². The van der Waals surface area contributed by atoms with Crippen LogP contribution < -0.4 is 19.1 Å².